The first-order valence-corrected chi connectivity index (χ1v) is 11.8. The van der Waals surface area contributed by atoms with Crippen molar-refractivity contribution in [3.05, 3.63) is 65.5 Å². The Bertz CT molecular complexity index is 1240. The minimum atomic E-state index is -4.55. The number of nitrogens with zero attached hydrogens (tertiary/aromatic N) is 4. The van der Waals surface area contributed by atoms with Gasteiger partial charge in [-0.15, -0.1) is 0 Å². The van der Waals surface area contributed by atoms with E-state index in [4.69, 9.17) is 0 Å². The Balaban J connectivity index is 1.58. The molecule has 0 spiro atoms. The smallest absolute Gasteiger partial charge is 0.373 e. The van der Waals surface area contributed by atoms with Gasteiger partial charge in [0.1, 0.15) is 12.1 Å². The maximum Gasteiger partial charge on any atom is 0.418 e. The third-order valence-electron chi connectivity index (χ3n) is 6.42. The van der Waals surface area contributed by atoms with Crippen LogP contribution >= 0.6 is 0 Å². The Hall–Kier alpha value is -3.66. The Morgan fingerprint density at radius 1 is 1.03 bits per heavy atom. The van der Waals surface area contributed by atoms with Gasteiger partial charge in [0.05, 0.1) is 11.3 Å². The van der Waals surface area contributed by atoms with Crippen LogP contribution in [0.25, 0.3) is 11.3 Å². The SMILES string of the molecule is CCN1CCN(c2ccc(NC(=O)c3ccc(C)c(-c4cc(NC)ncn4)c3)cc2C(F)(F)F)CC1. The van der Waals surface area contributed by atoms with Gasteiger partial charge in [0, 0.05) is 61.8 Å². The van der Waals surface area contributed by atoms with E-state index in [1.165, 1.54) is 18.5 Å². The summed E-state index contributed by atoms with van der Waals surface area (Å²) in [5.74, 6) is 0.127. The molecule has 1 saturated heterocycles. The molecule has 0 unspecified atom stereocenters. The molecule has 2 heterocycles. The van der Waals surface area contributed by atoms with E-state index in [0.29, 0.717) is 43.3 Å². The van der Waals surface area contributed by atoms with Gasteiger partial charge in [-0.25, -0.2) is 9.97 Å². The number of anilines is 3. The lowest BCUT2D eigenvalue weighted by atomic mass is 10.0. The maximum atomic E-state index is 14.0. The van der Waals surface area contributed by atoms with Crippen molar-refractivity contribution in [2.45, 2.75) is 20.0 Å². The van der Waals surface area contributed by atoms with E-state index in [-0.39, 0.29) is 11.4 Å². The van der Waals surface area contributed by atoms with Crippen LogP contribution in [0.1, 0.15) is 28.4 Å². The number of halogens is 3. The van der Waals surface area contributed by atoms with Crippen LogP contribution in [-0.4, -0.2) is 60.5 Å². The fourth-order valence-electron chi connectivity index (χ4n) is 4.31. The second-order valence-electron chi connectivity index (χ2n) is 8.67. The number of rotatable bonds is 6. The molecule has 0 saturated carbocycles. The van der Waals surface area contributed by atoms with Crippen LogP contribution in [0.3, 0.4) is 0 Å². The normalized spacial score (nSPS) is 14.6. The Morgan fingerprint density at radius 2 is 1.78 bits per heavy atom. The number of hydrogen-bond acceptors (Lipinski definition) is 6. The van der Waals surface area contributed by atoms with E-state index in [1.54, 1.807) is 36.2 Å². The van der Waals surface area contributed by atoms with Crippen LogP contribution < -0.4 is 15.5 Å². The first kappa shape index (κ1) is 25.4. The number of hydrogen-bond donors (Lipinski definition) is 2. The van der Waals surface area contributed by atoms with Crippen molar-refractivity contribution >= 4 is 23.1 Å². The quantitative estimate of drug-likeness (QED) is 0.503. The summed E-state index contributed by atoms with van der Waals surface area (Å²) in [5.41, 5.74) is 2.05. The van der Waals surface area contributed by atoms with Crippen molar-refractivity contribution in [2.24, 2.45) is 0 Å². The van der Waals surface area contributed by atoms with E-state index in [0.717, 1.165) is 23.7 Å². The summed E-state index contributed by atoms with van der Waals surface area (Å²) in [4.78, 5) is 25.4. The fourth-order valence-corrected chi connectivity index (χ4v) is 4.31. The van der Waals surface area contributed by atoms with Crippen molar-refractivity contribution < 1.29 is 18.0 Å². The fraction of sp³-hybridized carbons (Fsp3) is 0.346. The molecule has 0 atom stereocenters. The van der Waals surface area contributed by atoms with Crippen LogP contribution in [0.4, 0.5) is 30.4 Å². The highest BCUT2D eigenvalue weighted by molar-refractivity contribution is 6.05. The minimum absolute atomic E-state index is 0.0879. The van der Waals surface area contributed by atoms with Gasteiger partial charge in [0.15, 0.2) is 0 Å². The topological polar surface area (TPSA) is 73.4 Å². The van der Waals surface area contributed by atoms with Gasteiger partial charge in [-0.1, -0.05) is 13.0 Å². The first-order chi connectivity index (χ1) is 17.2. The molecule has 2 aromatic carbocycles. The molecule has 1 aliphatic heterocycles. The van der Waals surface area contributed by atoms with Gasteiger partial charge in [-0.2, -0.15) is 13.2 Å². The van der Waals surface area contributed by atoms with E-state index >= 15 is 0 Å². The van der Waals surface area contributed by atoms with Crippen LogP contribution in [0, 0.1) is 6.92 Å². The van der Waals surface area contributed by atoms with Crippen molar-refractivity contribution in [1.29, 1.82) is 0 Å². The highest BCUT2D eigenvalue weighted by Gasteiger charge is 2.36. The summed E-state index contributed by atoms with van der Waals surface area (Å²) < 4.78 is 41.9. The molecule has 1 aromatic heterocycles. The zero-order chi connectivity index (χ0) is 25.9. The monoisotopic (exact) mass is 498 g/mol. The van der Waals surface area contributed by atoms with Crippen LogP contribution in [0.2, 0.25) is 0 Å². The number of piperazine rings is 1. The largest absolute Gasteiger partial charge is 0.418 e. The number of likely N-dealkylation sites (N-methyl/N-ethyl adjacent to an activating group) is 1. The molecule has 0 aliphatic carbocycles. The molecule has 190 valence electrons. The average molecular weight is 499 g/mol. The molecule has 1 fully saturated rings. The van der Waals surface area contributed by atoms with Crippen LogP contribution in [0.5, 0.6) is 0 Å². The molecule has 0 bridgehead atoms. The van der Waals surface area contributed by atoms with Gasteiger partial charge < -0.3 is 20.4 Å². The summed E-state index contributed by atoms with van der Waals surface area (Å²) in [7, 11) is 1.74. The third-order valence-corrected chi connectivity index (χ3v) is 6.42. The predicted octanol–water partition coefficient (Wildman–Crippen LogP) is 4.91. The lowest BCUT2D eigenvalue weighted by Gasteiger charge is -2.36. The van der Waals surface area contributed by atoms with Gasteiger partial charge in [-0.05, 0) is 49.4 Å². The predicted molar refractivity (Wildman–Crippen MR) is 135 cm³/mol. The van der Waals surface area contributed by atoms with Crippen molar-refractivity contribution in [3.63, 3.8) is 0 Å². The molecule has 1 aliphatic rings. The zero-order valence-electron chi connectivity index (χ0n) is 20.5. The average Bonchev–Trinajstić information content (AvgIpc) is 2.88. The van der Waals surface area contributed by atoms with Gasteiger partial charge >= 0.3 is 6.18 Å². The lowest BCUT2D eigenvalue weighted by Crippen LogP contribution is -2.46. The number of aromatic nitrogens is 2. The van der Waals surface area contributed by atoms with Crippen molar-refractivity contribution in [2.75, 3.05) is 55.3 Å². The summed E-state index contributed by atoms with van der Waals surface area (Å²) in [6.45, 7) is 7.28. The second-order valence-corrected chi connectivity index (χ2v) is 8.67. The number of carbonyl (C=O) groups is 1. The molecule has 1 amide bonds. The molecule has 36 heavy (non-hydrogen) atoms. The number of nitrogens with one attached hydrogen (secondary N) is 2. The number of alkyl halides is 3. The van der Waals surface area contributed by atoms with E-state index in [1.807, 2.05) is 13.8 Å². The molecule has 7 nitrogen and oxygen atoms in total. The highest BCUT2D eigenvalue weighted by Crippen LogP contribution is 2.39. The van der Waals surface area contributed by atoms with Crippen molar-refractivity contribution in [3.8, 4) is 11.3 Å². The highest BCUT2D eigenvalue weighted by atomic mass is 19.4. The number of aryl methyl sites for hydroxylation is 1. The van der Waals surface area contributed by atoms with Crippen LogP contribution in [-0.2, 0) is 6.18 Å². The standard InChI is InChI=1S/C26H29F3N6O/c1-4-34-9-11-35(12-10-34)23-8-7-19(14-21(23)26(27,28)29)33-25(36)18-6-5-17(2)20(13-18)22-15-24(30-3)32-16-31-22/h5-8,13-16H,4,9-12H2,1-3H3,(H,33,36)(H,30,31,32). The minimum Gasteiger partial charge on any atom is -0.373 e. The molecule has 3 aromatic rings. The second kappa shape index (κ2) is 10.5. The van der Waals surface area contributed by atoms with Gasteiger partial charge in [0.25, 0.3) is 5.91 Å². The van der Waals surface area contributed by atoms with Gasteiger partial charge in [0.2, 0.25) is 0 Å². The lowest BCUT2D eigenvalue weighted by molar-refractivity contribution is -0.137. The molecule has 2 N–H and O–H groups in total. The molecule has 4 rings (SSSR count). The zero-order valence-corrected chi connectivity index (χ0v) is 20.5. The summed E-state index contributed by atoms with van der Waals surface area (Å²) in [5, 5.41) is 5.58. The third kappa shape index (κ3) is 5.59. The molecule has 10 heteroatoms. The van der Waals surface area contributed by atoms with Crippen LogP contribution in [0.15, 0.2) is 48.8 Å². The Kier molecular flexibility index (Phi) is 7.44. The van der Waals surface area contributed by atoms with E-state index in [9.17, 15) is 18.0 Å². The summed E-state index contributed by atoms with van der Waals surface area (Å²) >= 11 is 0. The molecular weight excluding hydrogens is 469 g/mol. The first-order valence-electron chi connectivity index (χ1n) is 11.8. The van der Waals surface area contributed by atoms with Crippen molar-refractivity contribution in [1.82, 2.24) is 14.9 Å². The number of amides is 1. The van der Waals surface area contributed by atoms with E-state index < -0.39 is 17.6 Å². The van der Waals surface area contributed by atoms with E-state index in [2.05, 4.69) is 25.5 Å². The maximum absolute atomic E-state index is 14.0. The molecule has 0 radical (unpaired) electrons. The summed E-state index contributed by atoms with van der Waals surface area (Å²) in [6, 6.07) is 10.8. The summed E-state index contributed by atoms with van der Waals surface area (Å²) in [6.07, 6.45) is -3.12. The Labute approximate surface area is 208 Å². The van der Waals surface area contributed by atoms with Gasteiger partial charge in [-0.3, -0.25) is 4.79 Å². The molecular formula is C26H29F3N6O. The number of carbonyl (C=O) groups excluding carboxylic acids is 1. The Morgan fingerprint density at radius 3 is 2.44 bits per heavy atom. The number of benzene rings is 2.